The Morgan fingerprint density at radius 1 is 1.00 bits per heavy atom. The van der Waals surface area contributed by atoms with Gasteiger partial charge >= 0.3 is 5.97 Å². The first-order valence-electron chi connectivity index (χ1n) is 7.64. The van der Waals surface area contributed by atoms with Crippen LogP contribution in [0.5, 0.6) is 5.75 Å². The van der Waals surface area contributed by atoms with Gasteiger partial charge in [-0.2, -0.15) is 11.3 Å². The Morgan fingerprint density at radius 2 is 1.72 bits per heavy atom. The second-order valence-corrected chi connectivity index (χ2v) is 6.30. The van der Waals surface area contributed by atoms with E-state index in [2.05, 4.69) is 5.38 Å². The largest absolute Gasteiger partial charge is 0.496 e. The van der Waals surface area contributed by atoms with Crippen LogP contribution in [0.1, 0.15) is 26.3 Å². The number of ketones is 1. The molecule has 0 atom stereocenters. The molecular formula is C20H16O4S. The molecule has 5 heteroatoms. The third-order valence-corrected chi connectivity index (χ3v) is 4.62. The van der Waals surface area contributed by atoms with Crippen LogP contribution < -0.4 is 4.74 Å². The monoisotopic (exact) mass is 352 g/mol. The van der Waals surface area contributed by atoms with Crippen molar-refractivity contribution in [2.24, 2.45) is 0 Å². The molecule has 0 aliphatic heterocycles. The van der Waals surface area contributed by atoms with Crippen LogP contribution in [-0.4, -0.2) is 24.0 Å². The van der Waals surface area contributed by atoms with Gasteiger partial charge in [-0.25, -0.2) is 4.79 Å². The van der Waals surface area contributed by atoms with E-state index in [1.807, 2.05) is 29.6 Å². The number of hydrogen-bond donors (Lipinski definition) is 1. The number of benzene rings is 2. The maximum absolute atomic E-state index is 12.6. The smallest absolute Gasteiger partial charge is 0.335 e. The van der Waals surface area contributed by atoms with Gasteiger partial charge in [-0.05, 0) is 52.2 Å². The normalized spacial score (nSPS) is 10.4. The zero-order valence-electron chi connectivity index (χ0n) is 13.6. The summed E-state index contributed by atoms with van der Waals surface area (Å²) in [6.45, 7) is 0. The predicted octanol–water partition coefficient (Wildman–Crippen LogP) is 4.55. The Kier molecular flexibility index (Phi) is 4.95. The molecule has 3 rings (SSSR count). The summed E-state index contributed by atoms with van der Waals surface area (Å²) in [5, 5.41) is 13.0. The molecule has 0 unspecified atom stereocenters. The number of carbonyl (C=O) groups excluding carboxylic acids is 1. The lowest BCUT2D eigenvalue weighted by Crippen LogP contribution is -2.06. The number of rotatable bonds is 6. The van der Waals surface area contributed by atoms with E-state index >= 15 is 0 Å². The van der Waals surface area contributed by atoms with Crippen molar-refractivity contribution in [3.05, 3.63) is 76.0 Å². The summed E-state index contributed by atoms with van der Waals surface area (Å²) < 4.78 is 5.38. The van der Waals surface area contributed by atoms with Crippen molar-refractivity contribution < 1.29 is 19.4 Å². The molecule has 0 fully saturated rings. The van der Waals surface area contributed by atoms with Crippen LogP contribution in [0.4, 0.5) is 0 Å². The standard InChI is InChI=1S/C20H16O4S/c1-24-19-7-6-15(16-8-9-25-12-16)10-17(19)11-18(21)13-2-4-14(5-3-13)20(22)23/h2-10,12H,11H2,1H3,(H,22,23). The molecule has 126 valence electrons. The van der Waals surface area contributed by atoms with E-state index in [1.165, 1.54) is 12.1 Å². The molecule has 4 nitrogen and oxygen atoms in total. The third-order valence-electron chi connectivity index (χ3n) is 3.94. The number of aromatic carboxylic acids is 1. The average Bonchev–Trinajstić information content (AvgIpc) is 3.16. The summed E-state index contributed by atoms with van der Waals surface area (Å²) in [6, 6.07) is 13.8. The SMILES string of the molecule is COc1ccc(-c2ccsc2)cc1CC(=O)c1ccc(C(=O)O)cc1. The molecule has 3 aromatic rings. The van der Waals surface area contributed by atoms with Crippen LogP contribution >= 0.6 is 11.3 Å². The molecule has 1 heterocycles. The molecule has 0 bridgehead atoms. The number of Topliss-reactive ketones (excluding diaryl/α,β-unsaturated/α-hetero) is 1. The lowest BCUT2D eigenvalue weighted by molar-refractivity contribution is 0.0696. The molecule has 0 saturated carbocycles. The minimum Gasteiger partial charge on any atom is -0.496 e. The second-order valence-electron chi connectivity index (χ2n) is 5.52. The van der Waals surface area contributed by atoms with Gasteiger partial charge < -0.3 is 9.84 Å². The summed E-state index contributed by atoms with van der Waals surface area (Å²) in [5.74, 6) is -0.434. The minimum atomic E-state index is -1.01. The molecule has 0 spiro atoms. The summed E-state index contributed by atoms with van der Waals surface area (Å²) in [4.78, 5) is 23.5. The lowest BCUT2D eigenvalue weighted by atomic mass is 9.98. The number of carboxylic acids is 1. The Labute approximate surface area is 149 Å². The van der Waals surface area contributed by atoms with E-state index in [-0.39, 0.29) is 17.8 Å². The highest BCUT2D eigenvalue weighted by atomic mass is 32.1. The number of carboxylic acid groups (broad SMARTS) is 1. The number of carbonyl (C=O) groups is 2. The summed E-state index contributed by atoms with van der Waals surface area (Å²) in [5.41, 5.74) is 3.58. The maximum atomic E-state index is 12.6. The van der Waals surface area contributed by atoms with Gasteiger partial charge in [-0.1, -0.05) is 18.2 Å². The first-order valence-corrected chi connectivity index (χ1v) is 8.59. The summed E-state index contributed by atoms with van der Waals surface area (Å²) in [6.07, 6.45) is 0.188. The van der Waals surface area contributed by atoms with Crippen molar-refractivity contribution in [1.29, 1.82) is 0 Å². The maximum Gasteiger partial charge on any atom is 0.335 e. The van der Waals surface area contributed by atoms with Gasteiger partial charge in [0.2, 0.25) is 0 Å². The van der Waals surface area contributed by atoms with Crippen LogP contribution in [0.3, 0.4) is 0 Å². The van der Waals surface area contributed by atoms with Gasteiger partial charge in [0, 0.05) is 17.5 Å². The highest BCUT2D eigenvalue weighted by molar-refractivity contribution is 7.08. The van der Waals surface area contributed by atoms with Crippen molar-refractivity contribution >= 4 is 23.1 Å². The van der Waals surface area contributed by atoms with E-state index in [1.54, 1.807) is 30.6 Å². The quantitative estimate of drug-likeness (QED) is 0.661. The molecule has 0 amide bonds. The number of thiophene rings is 1. The predicted molar refractivity (Wildman–Crippen MR) is 97.7 cm³/mol. The molecular weight excluding hydrogens is 336 g/mol. The van der Waals surface area contributed by atoms with Crippen LogP contribution in [0.15, 0.2) is 59.3 Å². The third kappa shape index (κ3) is 3.78. The zero-order valence-corrected chi connectivity index (χ0v) is 14.4. The molecule has 2 aromatic carbocycles. The summed E-state index contributed by atoms with van der Waals surface area (Å²) in [7, 11) is 1.58. The van der Waals surface area contributed by atoms with E-state index < -0.39 is 5.97 Å². The number of hydrogen-bond acceptors (Lipinski definition) is 4. The second kappa shape index (κ2) is 7.32. The van der Waals surface area contributed by atoms with Gasteiger partial charge in [0.15, 0.2) is 5.78 Å². The van der Waals surface area contributed by atoms with Crippen LogP contribution in [-0.2, 0) is 6.42 Å². The fourth-order valence-corrected chi connectivity index (χ4v) is 3.26. The molecule has 0 aliphatic rings. The Hall–Kier alpha value is -2.92. The van der Waals surface area contributed by atoms with Gasteiger partial charge in [0.05, 0.1) is 12.7 Å². The average molecular weight is 352 g/mol. The highest BCUT2D eigenvalue weighted by Crippen LogP contribution is 2.29. The fourth-order valence-electron chi connectivity index (χ4n) is 2.60. The molecule has 0 saturated heterocycles. The summed E-state index contributed by atoms with van der Waals surface area (Å²) >= 11 is 1.62. The first-order chi connectivity index (χ1) is 12.1. The van der Waals surface area contributed by atoms with Gasteiger partial charge in [0.1, 0.15) is 5.75 Å². The van der Waals surface area contributed by atoms with Crippen LogP contribution in [0.2, 0.25) is 0 Å². The van der Waals surface area contributed by atoms with Crippen molar-refractivity contribution in [3.8, 4) is 16.9 Å². The van der Waals surface area contributed by atoms with Gasteiger partial charge in [0.25, 0.3) is 0 Å². The van der Waals surface area contributed by atoms with E-state index in [9.17, 15) is 9.59 Å². The molecule has 0 radical (unpaired) electrons. The molecule has 1 N–H and O–H groups in total. The van der Waals surface area contributed by atoms with E-state index in [0.29, 0.717) is 11.3 Å². The number of methoxy groups -OCH3 is 1. The van der Waals surface area contributed by atoms with Crippen LogP contribution in [0, 0.1) is 0 Å². The highest BCUT2D eigenvalue weighted by Gasteiger charge is 2.13. The van der Waals surface area contributed by atoms with Crippen molar-refractivity contribution in [2.75, 3.05) is 7.11 Å². The van der Waals surface area contributed by atoms with E-state index in [0.717, 1.165) is 16.7 Å². The van der Waals surface area contributed by atoms with Crippen molar-refractivity contribution in [1.82, 2.24) is 0 Å². The lowest BCUT2D eigenvalue weighted by Gasteiger charge is -2.10. The molecule has 1 aromatic heterocycles. The Balaban J connectivity index is 1.86. The van der Waals surface area contributed by atoms with Crippen molar-refractivity contribution in [3.63, 3.8) is 0 Å². The van der Waals surface area contributed by atoms with Crippen molar-refractivity contribution in [2.45, 2.75) is 6.42 Å². The fraction of sp³-hybridized carbons (Fsp3) is 0.100. The topological polar surface area (TPSA) is 63.6 Å². The zero-order chi connectivity index (χ0) is 17.8. The number of ether oxygens (including phenoxy) is 1. The van der Waals surface area contributed by atoms with Gasteiger partial charge in [-0.3, -0.25) is 4.79 Å². The Morgan fingerprint density at radius 3 is 2.32 bits per heavy atom. The van der Waals surface area contributed by atoms with Gasteiger partial charge in [-0.15, -0.1) is 0 Å². The van der Waals surface area contributed by atoms with E-state index in [4.69, 9.17) is 9.84 Å². The molecule has 0 aliphatic carbocycles. The first kappa shape index (κ1) is 16.9. The Bertz CT molecular complexity index is 896. The van der Waals surface area contributed by atoms with Crippen LogP contribution in [0.25, 0.3) is 11.1 Å². The minimum absolute atomic E-state index is 0.0855. The molecule has 25 heavy (non-hydrogen) atoms.